The number of rotatable bonds is 4. The smallest absolute Gasteiger partial charge is 0.177 e. The Labute approximate surface area is 118 Å². The number of Topliss-reactive ketones (excluding diaryl/α,β-unsaturated/α-hetero) is 1. The van der Waals surface area contributed by atoms with Crippen molar-refractivity contribution in [1.82, 2.24) is 0 Å². The third-order valence-corrected chi connectivity index (χ3v) is 5.50. The lowest BCUT2D eigenvalue weighted by Crippen LogP contribution is -2.33. The Balaban J connectivity index is 2.08. The van der Waals surface area contributed by atoms with Gasteiger partial charge in [0.25, 0.3) is 0 Å². The van der Waals surface area contributed by atoms with Crippen LogP contribution in [0.3, 0.4) is 0 Å². The maximum absolute atomic E-state index is 12.2. The zero-order valence-corrected chi connectivity index (χ0v) is 11.7. The van der Waals surface area contributed by atoms with E-state index in [1.54, 1.807) is 0 Å². The van der Waals surface area contributed by atoms with Gasteiger partial charge in [0.05, 0.1) is 16.9 Å². The minimum Gasteiger partial charge on any atom is -0.381 e. The van der Waals surface area contributed by atoms with Gasteiger partial charge in [0.1, 0.15) is 5.75 Å². The maximum Gasteiger partial charge on any atom is 0.177 e. The number of nitriles is 1. The molecule has 1 aromatic rings. The average Bonchev–Trinajstić information content (AvgIpc) is 2.48. The fourth-order valence-corrected chi connectivity index (χ4v) is 3.83. The molecule has 0 unspecified atom stereocenters. The van der Waals surface area contributed by atoms with Gasteiger partial charge in [-0.15, -0.1) is 0 Å². The van der Waals surface area contributed by atoms with E-state index < -0.39 is 26.6 Å². The lowest BCUT2D eigenvalue weighted by Gasteiger charge is -2.21. The molecule has 1 saturated heterocycles. The van der Waals surface area contributed by atoms with Crippen LogP contribution in [0.25, 0.3) is 0 Å². The molecule has 5 nitrogen and oxygen atoms in total. The first-order chi connectivity index (χ1) is 9.53. The Bertz CT molecular complexity index is 622. The van der Waals surface area contributed by atoms with Gasteiger partial charge in [0, 0.05) is 18.8 Å². The average molecular weight is 293 g/mol. The van der Waals surface area contributed by atoms with Crippen molar-refractivity contribution in [1.29, 1.82) is 5.26 Å². The molecule has 0 radical (unpaired) electrons. The Kier molecular flexibility index (Phi) is 4.53. The van der Waals surface area contributed by atoms with Crippen molar-refractivity contribution in [2.45, 2.75) is 18.1 Å². The molecule has 0 saturated carbocycles. The van der Waals surface area contributed by atoms with Gasteiger partial charge in [-0.25, -0.2) is 8.42 Å². The van der Waals surface area contributed by atoms with Crippen LogP contribution in [0, 0.1) is 11.3 Å². The number of benzene rings is 1. The van der Waals surface area contributed by atoms with Gasteiger partial charge in [0.15, 0.2) is 15.6 Å². The highest BCUT2D eigenvalue weighted by atomic mass is 32.2. The van der Waals surface area contributed by atoms with Gasteiger partial charge in [-0.1, -0.05) is 12.1 Å². The van der Waals surface area contributed by atoms with Crippen molar-refractivity contribution in [2.24, 2.45) is 0 Å². The Morgan fingerprint density at radius 2 is 1.85 bits per heavy atom. The lowest BCUT2D eigenvalue weighted by molar-refractivity contribution is 0.0971. The normalized spacial score (nSPS) is 16.6. The Hall–Kier alpha value is -1.71. The summed E-state index contributed by atoms with van der Waals surface area (Å²) in [6.45, 7) is 0.851. The van der Waals surface area contributed by atoms with E-state index in [1.165, 1.54) is 24.3 Å². The van der Waals surface area contributed by atoms with Crippen LogP contribution < -0.4 is 0 Å². The molecular weight excluding hydrogens is 278 g/mol. The van der Waals surface area contributed by atoms with Gasteiger partial charge >= 0.3 is 0 Å². The predicted molar refractivity (Wildman–Crippen MR) is 73.1 cm³/mol. The molecule has 0 amide bonds. The van der Waals surface area contributed by atoms with E-state index in [-0.39, 0.29) is 0 Å². The first kappa shape index (κ1) is 14.7. The topological polar surface area (TPSA) is 84.2 Å². The van der Waals surface area contributed by atoms with Gasteiger partial charge in [-0.3, -0.25) is 4.79 Å². The van der Waals surface area contributed by atoms with Crippen LogP contribution >= 0.6 is 0 Å². The zero-order valence-electron chi connectivity index (χ0n) is 10.9. The second-order valence-electron chi connectivity index (χ2n) is 4.73. The third-order valence-electron chi connectivity index (χ3n) is 3.34. The summed E-state index contributed by atoms with van der Waals surface area (Å²) in [5, 5.41) is 8.19. The summed E-state index contributed by atoms with van der Waals surface area (Å²) in [5.74, 6) is -0.912. The van der Waals surface area contributed by atoms with Crippen LogP contribution in [0.5, 0.6) is 0 Å². The molecule has 0 spiro atoms. The van der Waals surface area contributed by atoms with Crippen molar-refractivity contribution >= 4 is 15.6 Å². The highest BCUT2D eigenvalue weighted by Crippen LogP contribution is 2.18. The third kappa shape index (κ3) is 3.44. The summed E-state index contributed by atoms with van der Waals surface area (Å²) >= 11 is 0. The molecule has 0 aromatic heterocycles. The van der Waals surface area contributed by atoms with Gasteiger partial charge in [-0.05, 0) is 25.0 Å². The number of ketones is 1. The summed E-state index contributed by atoms with van der Waals surface area (Å²) in [6.07, 6.45) is 0.895. The summed E-state index contributed by atoms with van der Waals surface area (Å²) in [5.41, 5.74) is 0.758. The summed E-state index contributed by atoms with van der Waals surface area (Å²) in [7, 11) is -3.44. The molecule has 6 heteroatoms. The van der Waals surface area contributed by atoms with E-state index in [4.69, 9.17) is 10.00 Å². The molecule has 2 rings (SSSR count). The minimum atomic E-state index is -3.44. The number of sulfone groups is 1. The molecule has 1 fully saturated rings. The van der Waals surface area contributed by atoms with Crippen LogP contribution in [-0.4, -0.2) is 38.4 Å². The Morgan fingerprint density at radius 3 is 2.40 bits per heavy atom. The second-order valence-corrected chi connectivity index (χ2v) is 7.01. The summed E-state index contributed by atoms with van der Waals surface area (Å²) in [6, 6.07) is 7.94. The second kappa shape index (κ2) is 6.16. The van der Waals surface area contributed by atoms with E-state index in [2.05, 4.69) is 0 Å². The molecule has 0 atom stereocenters. The quantitative estimate of drug-likeness (QED) is 0.782. The molecule has 0 N–H and O–H groups in total. The number of hydrogen-bond donors (Lipinski definition) is 0. The number of carbonyl (C=O) groups is 1. The molecule has 0 aliphatic carbocycles. The SMILES string of the molecule is N#Cc1ccc(C(=O)CS(=O)(=O)C2CCOCC2)cc1. The maximum atomic E-state index is 12.2. The molecule has 1 aliphatic heterocycles. The van der Waals surface area contributed by atoms with E-state index in [0.717, 1.165) is 0 Å². The first-order valence-corrected chi connectivity index (χ1v) is 8.07. The van der Waals surface area contributed by atoms with Crippen LogP contribution in [0.2, 0.25) is 0 Å². The van der Waals surface area contributed by atoms with Crippen molar-refractivity contribution in [3.05, 3.63) is 35.4 Å². The van der Waals surface area contributed by atoms with E-state index in [1.807, 2.05) is 6.07 Å². The molecule has 1 aliphatic rings. The number of ether oxygens (including phenoxy) is 1. The highest BCUT2D eigenvalue weighted by Gasteiger charge is 2.30. The fourth-order valence-electron chi connectivity index (χ4n) is 2.15. The van der Waals surface area contributed by atoms with Crippen molar-refractivity contribution in [3.63, 3.8) is 0 Å². The number of nitrogens with zero attached hydrogens (tertiary/aromatic N) is 1. The number of carbonyl (C=O) groups excluding carboxylic acids is 1. The molecule has 106 valence electrons. The summed E-state index contributed by atoms with van der Waals surface area (Å²) in [4.78, 5) is 12.0. The largest absolute Gasteiger partial charge is 0.381 e. The Morgan fingerprint density at radius 1 is 1.25 bits per heavy atom. The minimum absolute atomic E-state index is 0.319. The highest BCUT2D eigenvalue weighted by molar-refractivity contribution is 7.92. The summed E-state index contributed by atoms with van der Waals surface area (Å²) < 4.78 is 29.5. The van der Waals surface area contributed by atoms with Crippen molar-refractivity contribution < 1.29 is 17.9 Å². The van der Waals surface area contributed by atoms with Crippen LogP contribution in [0.4, 0.5) is 0 Å². The van der Waals surface area contributed by atoms with E-state index in [9.17, 15) is 13.2 Å². The van der Waals surface area contributed by atoms with Gasteiger partial charge in [-0.2, -0.15) is 5.26 Å². The molecule has 1 heterocycles. The van der Waals surface area contributed by atoms with Crippen LogP contribution in [0.1, 0.15) is 28.8 Å². The van der Waals surface area contributed by atoms with Crippen LogP contribution in [0.15, 0.2) is 24.3 Å². The zero-order chi connectivity index (χ0) is 14.6. The lowest BCUT2D eigenvalue weighted by atomic mass is 10.1. The molecule has 1 aromatic carbocycles. The van der Waals surface area contributed by atoms with Crippen molar-refractivity contribution in [2.75, 3.05) is 19.0 Å². The number of hydrogen-bond acceptors (Lipinski definition) is 5. The molecule has 0 bridgehead atoms. The van der Waals surface area contributed by atoms with Gasteiger partial charge in [0.2, 0.25) is 0 Å². The predicted octanol–water partition coefficient (Wildman–Crippen LogP) is 1.33. The van der Waals surface area contributed by atoms with Crippen molar-refractivity contribution in [3.8, 4) is 6.07 Å². The standard InChI is InChI=1S/C14H15NO4S/c15-9-11-1-3-12(4-2-11)14(16)10-20(17,18)13-5-7-19-8-6-13/h1-4,13H,5-8,10H2. The molecular formula is C14H15NO4S. The van der Waals surface area contributed by atoms with Gasteiger partial charge < -0.3 is 4.74 Å². The van der Waals surface area contributed by atoms with E-state index >= 15 is 0 Å². The molecule has 20 heavy (non-hydrogen) atoms. The fraction of sp³-hybridized carbons (Fsp3) is 0.429. The monoisotopic (exact) mass is 293 g/mol. The van der Waals surface area contributed by atoms with E-state index in [0.29, 0.717) is 37.2 Å². The van der Waals surface area contributed by atoms with Crippen LogP contribution in [-0.2, 0) is 14.6 Å². The first-order valence-electron chi connectivity index (χ1n) is 6.35.